The number of rotatable bonds is 5. The highest BCUT2D eigenvalue weighted by atomic mass is 35.5. The van der Waals surface area contributed by atoms with Crippen LogP contribution < -0.4 is 0 Å². The smallest absolute Gasteiger partial charge is 0.144 e. The molecule has 2 rings (SSSR count). The van der Waals surface area contributed by atoms with Gasteiger partial charge in [0, 0.05) is 25.5 Å². The van der Waals surface area contributed by atoms with E-state index in [0.29, 0.717) is 29.9 Å². The van der Waals surface area contributed by atoms with Crippen LogP contribution >= 0.6 is 23.2 Å². The number of hydrogen-bond donors (Lipinski definition) is 0. The van der Waals surface area contributed by atoms with E-state index in [-0.39, 0.29) is 10.6 Å². The molecule has 0 unspecified atom stereocenters. The van der Waals surface area contributed by atoms with Crippen LogP contribution in [0.25, 0.3) is 11.0 Å². The van der Waals surface area contributed by atoms with Crippen molar-refractivity contribution in [2.75, 3.05) is 19.6 Å². The average Bonchev–Trinajstić information content (AvgIpc) is 2.68. The van der Waals surface area contributed by atoms with Crippen LogP contribution in [0.2, 0.25) is 5.02 Å². The Kier molecular flexibility index (Phi) is 4.57. The number of nitrogens with zero attached hydrogens (tertiary/aromatic N) is 2. The van der Waals surface area contributed by atoms with Crippen molar-refractivity contribution in [3.63, 3.8) is 0 Å². The summed E-state index contributed by atoms with van der Waals surface area (Å²) in [6, 6.07) is 2.96. The molecule has 0 aliphatic carbocycles. The minimum Gasteiger partial charge on any atom is -0.382 e. The van der Waals surface area contributed by atoms with Crippen molar-refractivity contribution in [2.45, 2.75) is 25.8 Å². The molecule has 0 N–H and O–H groups in total. The number of aromatic nitrogens is 2. The first-order chi connectivity index (χ1) is 9.40. The van der Waals surface area contributed by atoms with Gasteiger partial charge in [-0.2, -0.15) is 0 Å². The van der Waals surface area contributed by atoms with Gasteiger partial charge >= 0.3 is 0 Å². The molecule has 0 aliphatic rings. The Morgan fingerprint density at radius 2 is 2.10 bits per heavy atom. The number of benzene rings is 1. The fourth-order valence-corrected chi connectivity index (χ4v) is 2.79. The predicted molar refractivity (Wildman–Crippen MR) is 80.3 cm³/mol. The van der Waals surface area contributed by atoms with Crippen molar-refractivity contribution < 1.29 is 9.13 Å². The largest absolute Gasteiger partial charge is 0.382 e. The van der Waals surface area contributed by atoms with E-state index in [1.165, 1.54) is 6.07 Å². The summed E-state index contributed by atoms with van der Waals surface area (Å²) >= 11 is 11.7. The Morgan fingerprint density at radius 3 is 2.70 bits per heavy atom. The Hall–Kier alpha value is -0.840. The Balaban J connectivity index is 2.70. The van der Waals surface area contributed by atoms with Gasteiger partial charge in [0.2, 0.25) is 0 Å². The van der Waals surface area contributed by atoms with Crippen molar-refractivity contribution in [1.82, 2.24) is 9.55 Å². The van der Waals surface area contributed by atoms with Crippen molar-refractivity contribution in [2.24, 2.45) is 0 Å². The molecule has 1 aromatic heterocycles. The molecule has 0 saturated carbocycles. The Labute approximate surface area is 127 Å². The van der Waals surface area contributed by atoms with E-state index in [9.17, 15) is 4.39 Å². The summed E-state index contributed by atoms with van der Waals surface area (Å²) in [5, 5.41) is 0.0733. The topological polar surface area (TPSA) is 27.1 Å². The van der Waals surface area contributed by atoms with Crippen LogP contribution in [0.15, 0.2) is 12.1 Å². The van der Waals surface area contributed by atoms with Crippen molar-refractivity contribution >= 4 is 34.2 Å². The van der Waals surface area contributed by atoms with Crippen LogP contribution in [0.5, 0.6) is 0 Å². The highest BCUT2D eigenvalue weighted by Crippen LogP contribution is 2.29. The number of alkyl halides is 1. The standard InChI is InChI=1S/C14H17Cl2FN2O/c1-14(2,8-20-3)19-12-7-10(17)9(16)6-11(12)18-13(19)4-5-15/h6-7H,4-5,8H2,1-3H3. The summed E-state index contributed by atoms with van der Waals surface area (Å²) in [6.07, 6.45) is 0.600. The highest BCUT2D eigenvalue weighted by Gasteiger charge is 2.26. The fraction of sp³-hybridized carbons (Fsp3) is 0.500. The van der Waals surface area contributed by atoms with Gasteiger partial charge in [0.15, 0.2) is 0 Å². The van der Waals surface area contributed by atoms with Crippen LogP contribution in [-0.2, 0) is 16.7 Å². The maximum absolute atomic E-state index is 13.8. The molecular weight excluding hydrogens is 302 g/mol. The molecule has 1 heterocycles. The normalized spacial score (nSPS) is 12.3. The third-order valence-electron chi connectivity index (χ3n) is 3.19. The maximum atomic E-state index is 13.8. The number of imidazole rings is 1. The first-order valence-electron chi connectivity index (χ1n) is 6.32. The second-order valence-electron chi connectivity index (χ2n) is 5.30. The predicted octanol–water partition coefficient (Wildman–Crippen LogP) is 3.99. The molecule has 110 valence electrons. The Bertz CT molecular complexity index is 625. The van der Waals surface area contributed by atoms with Gasteiger partial charge in [-0.3, -0.25) is 0 Å². The molecule has 0 atom stereocenters. The first-order valence-corrected chi connectivity index (χ1v) is 7.23. The van der Waals surface area contributed by atoms with Gasteiger partial charge in [-0.25, -0.2) is 9.37 Å². The lowest BCUT2D eigenvalue weighted by Gasteiger charge is -2.28. The Morgan fingerprint density at radius 1 is 1.40 bits per heavy atom. The van der Waals surface area contributed by atoms with Crippen LogP contribution in [-0.4, -0.2) is 29.1 Å². The molecule has 6 heteroatoms. The van der Waals surface area contributed by atoms with Gasteiger partial charge in [0.05, 0.1) is 28.2 Å². The van der Waals surface area contributed by atoms with Gasteiger partial charge in [-0.1, -0.05) is 11.6 Å². The zero-order valence-electron chi connectivity index (χ0n) is 11.7. The lowest BCUT2D eigenvalue weighted by Crippen LogP contribution is -2.33. The van der Waals surface area contributed by atoms with E-state index in [1.54, 1.807) is 13.2 Å². The molecule has 0 radical (unpaired) electrons. The van der Waals surface area contributed by atoms with E-state index in [4.69, 9.17) is 27.9 Å². The van der Waals surface area contributed by atoms with Gasteiger partial charge in [0.1, 0.15) is 11.6 Å². The second kappa shape index (κ2) is 5.88. The van der Waals surface area contributed by atoms with E-state index >= 15 is 0 Å². The number of halogens is 3. The lowest BCUT2D eigenvalue weighted by molar-refractivity contribution is 0.110. The molecule has 0 bridgehead atoms. The molecule has 0 amide bonds. The third-order valence-corrected chi connectivity index (χ3v) is 3.67. The number of ether oxygens (including phenoxy) is 1. The van der Waals surface area contributed by atoms with Crippen LogP contribution in [0, 0.1) is 5.82 Å². The van der Waals surface area contributed by atoms with Crippen LogP contribution in [0.1, 0.15) is 19.7 Å². The number of hydrogen-bond acceptors (Lipinski definition) is 2. The van der Waals surface area contributed by atoms with Gasteiger partial charge in [0.25, 0.3) is 0 Å². The summed E-state index contributed by atoms with van der Waals surface area (Å²) in [6.45, 7) is 4.52. The average molecular weight is 319 g/mol. The molecule has 20 heavy (non-hydrogen) atoms. The molecule has 3 nitrogen and oxygen atoms in total. The summed E-state index contributed by atoms with van der Waals surface area (Å²) in [5.41, 5.74) is 1.01. The summed E-state index contributed by atoms with van der Waals surface area (Å²) in [5.74, 6) is 0.799. The lowest BCUT2D eigenvalue weighted by atomic mass is 10.1. The van der Waals surface area contributed by atoms with E-state index < -0.39 is 5.82 Å². The minimum atomic E-state index is -0.453. The van der Waals surface area contributed by atoms with Gasteiger partial charge < -0.3 is 9.30 Å². The summed E-state index contributed by atoms with van der Waals surface area (Å²) in [7, 11) is 1.64. The van der Waals surface area contributed by atoms with Crippen molar-refractivity contribution in [3.8, 4) is 0 Å². The van der Waals surface area contributed by atoms with Crippen LogP contribution in [0.3, 0.4) is 0 Å². The molecule has 2 aromatic rings. The molecular formula is C14H17Cl2FN2O. The maximum Gasteiger partial charge on any atom is 0.144 e. The van der Waals surface area contributed by atoms with Crippen LogP contribution in [0.4, 0.5) is 4.39 Å². The molecule has 0 spiro atoms. The SMILES string of the molecule is COCC(C)(C)n1c(CCCl)nc2cc(Cl)c(F)cc21. The number of aryl methyl sites for hydroxylation is 1. The minimum absolute atomic E-state index is 0.0733. The second-order valence-corrected chi connectivity index (χ2v) is 6.09. The quantitative estimate of drug-likeness (QED) is 0.779. The molecule has 0 saturated heterocycles. The van der Waals surface area contributed by atoms with Crippen molar-refractivity contribution in [3.05, 3.63) is 28.8 Å². The van der Waals surface area contributed by atoms with Gasteiger partial charge in [-0.05, 0) is 19.9 Å². The van der Waals surface area contributed by atoms with Gasteiger partial charge in [-0.15, -0.1) is 11.6 Å². The zero-order valence-corrected chi connectivity index (χ0v) is 13.2. The number of methoxy groups -OCH3 is 1. The molecule has 0 aliphatic heterocycles. The van der Waals surface area contributed by atoms with Crippen molar-refractivity contribution in [1.29, 1.82) is 0 Å². The molecule has 1 aromatic carbocycles. The zero-order chi connectivity index (χ0) is 14.9. The van der Waals surface area contributed by atoms with E-state index in [2.05, 4.69) is 4.98 Å². The van der Waals surface area contributed by atoms with E-state index in [1.807, 2.05) is 18.4 Å². The summed E-state index contributed by atoms with van der Waals surface area (Å²) in [4.78, 5) is 4.52. The highest BCUT2D eigenvalue weighted by molar-refractivity contribution is 6.31. The number of fused-ring (bicyclic) bond motifs is 1. The molecule has 0 fully saturated rings. The third kappa shape index (κ3) is 2.78. The monoisotopic (exact) mass is 318 g/mol. The first kappa shape index (κ1) is 15.5. The fourth-order valence-electron chi connectivity index (χ4n) is 2.47. The van der Waals surface area contributed by atoms with E-state index in [0.717, 1.165) is 5.82 Å². The summed E-state index contributed by atoms with van der Waals surface area (Å²) < 4.78 is 21.0.